The Morgan fingerprint density at radius 3 is 1.89 bits per heavy atom. The molecule has 0 saturated heterocycles. The number of para-hydroxylation sites is 2. The minimum atomic E-state index is 0.980. The third-order valence-electron chi connectivity index (χ3n) is 3.66. The normalized spacial score (nSPS) is 12.5. The van der Waals surface area contributed by atoms with Crippen LogP contribution in [0, 0.1) is 12.3 Å². The van der Waals surface area contributed by atoms with Crippen molar-refractivity contribution in [3.63, 3.8) is 0 Å². The summed E-state index contributed by atoms with van der Waals surface area (Å²) in [4.78, 5) is 2.22. The van der Waals surface area contributed by atoms with Crippen molar-refractivity contribution < 1.29 is 0 Å². The van der Waals surface area contributed by atoms with E-state index in [0.29, 0.717) is 0 Å². The molecular formula is C18H15N. The quantitative estimate of drug-likeness (QED) is 0.628. The number of terminal acetylenes is 1. The van der Waals surface area contributed by atoms with E-state index < -0.39 is 0 Å². The molecule has 0 unspecified atom stereocenters. The molecule has 19 heavy (non-hydrogen) atoms. The highest BCUT2D eigenvalue weighted by Crippen LogP contribution is 2.44. The average Bonchev–Trinajstić information content (AvgIpc) is 2.47. The van der Waals surface area contributed by atoms with Crippen LogP contribution < -0.4 is 4.90 Å². The molecule has 0 fully saturated rings. The topological polar surface area (TPSA) is 3.24 Å². The zero-order valence-corrected chi connectivity index (χ0v) is 11.1. The van der Waals surface area contributed by atoms with Crippen molar-refractivity contribution in [3.05, 3.63) is 65.2 Å². The van der Waals surface area contributed by atoms with Gasteiger partial charge in [-0.3, -0.25) is 0 Å². The van der Waals surface area contributed by atoms with Crippen molar-refractivity contribution in [3.8, 4) is 12.3 Å². The van der Waals surface area contributed by atoms with Crippen molar-refractivity contribution in [1.29, 1.82) is 0 Å². The fourth-order valence-corrected chi connectivity index (χ4v) is 2.71. The summed E-state index contributed by atoms with van der Waals surface area (Å²) >= 11 is 0. The fraction of sp³-hybridized carbons (Fsp3) is 0.111. The third-order valence-corrected chi connectivity index (χ3v) is 3.66. The first-order chi connectivity index (χ1) is 9.24. The van der Waals surface area contributed by atoms with Crippen LogP contribution in [0.5, 0.6) is 0 Å². The molecule has 0 N–H and O–H groups in total. The van der Waals surface area contributed by atoms with Gasteiger partial charge in [-0.2, -0.15) is 0 Å². The number of nitrogens with zero attached hydrogens (tertiary/aromatic N) is 1. The van der Waals surface area contributed by atoms with Crippen LogP contribution in [0.1, 0.15) is 18.1 Å². The standard InChI is InChI=1S/C18H15N/c1-4-13(2)18-14-9-5-7-11-16(14)19(3)17-12-8-6-10-15(17)18/h1,5-12H,2-3H3. The Bertz CT molecular complexity index is 667. The molecule has 1 nitrogen and oxygen atoms in total. The molecule has 92 valence electrons. The Morgan fingerprint density at radius 2 is 1.42 bits per heavy atom. The Labute approximate surface area is 114 Å². The van der Waals surface area contributed by atoms with Crippen LogP contribution in [-0.4, -0.2) is 7.05 Å². The van der Waals surface area contributed by atoms with Crippen LogP contribution >= 0.6 is 0 Å². The molecule has 1 aliphatic rings. The van der Waals surface area contributed by atoms with E-state index in [1.165, 1.54) is 28.1 Å². The van der Waals surface area contributed by atoms with Gasteiger partial charge in [-0.15, -0.1) is 6.42 Å². The molecule has 0 aliphatic carbocycles. The van der Waals surface area contributed by atoms with Crippen molar-refractivity contribution in [2.75, 3.05) is 11.9 Å². The molecule has 0 bridgehead atoms. The largest absolute Gasteiger partial charge is 0.344 e. The molecule has 3 rings (SSSR count). The highest BCUT2D eigenvalue weighted by molar-refractivity contribution is 5.99. The van der Waals surface area contributed by atoms with E-state index in [4.69, 9.17) is 6.42 Å². The van der Waals surface area contributed by atoms with Gasteiger partial charge < -0.3 is 4.90 Å². The zero-order chi connectivity index (χ0) is 13.4. The van der Waals surface area contributed by atoms with Gasteiger partial charge in [0, 0.05) is 40.7 Å². The van der Waals surface area contributed by atoms with Crippen molar-refractivity contribution >= 4 is 16.9 Å². The first kappa shape index (κ1) is 11.6. The molecule has 0 radical (unpaired) electrons. The summed E-state index contributed by atoms with van der Waals surface area (Å²) in [5.74, 6) is 2.79. The highest BCUT2D eigenvalue weighted by atomic mass is 15.1. The Hall–Kier alpha value is -2.46. The van der Waals surface area contributed by atoms with Crippen molar-refractivity contribution in [2.24, 2.45) is 0 Å². The fourth-order valence-electron chi connectivity index (χ4n) is 2.71. The first-order valence-electron chi connectivity index (χ1n) is 6.34. The number of benzene rings is 2. The second kappa shape index (κ2) is 4.33. The van der Waals surface area contributed by atoms with Crippen molar-refractivity contribution in [1.82, 2.24) is 0 Å². The number of hydrogen-bond donors (Lipinski definition) is 0. The number of hydrogen-bond acceptors (Lipinski definition) is 1. The molecule has 0 amide bonds. The van der Waals surface area contributed by atoms with Gasteiger partial charge in [-0.1, -0.05) is 42.3 Å². The van der Waals surface area contributed by atoms with Crippen LogP contribution in [0.4, 0.5) is 11.4 Å². The second-order valence-electron chi connectivity index (χ2n) is 4.74. The Kier molecular flexibility index (Phi) is 2.65. The molecule has 1 aliphatic heterocycles. The van der Waals surface area contributed by atoms with E-state index in [9.17, 15) is 0 Å². The number of allylic oxidation sites excluding steroid dienone is 1. The van der Waals surface area contributed by atoms with E-state index in [0.717, 1.165) is 5.57 Å². The van der Waals surface area contributed by atoms with Gasteiger partial charge in [0.1, 0.15) is 0 Å². The van der Waals surface area contributed by atoms with Gasteiger partial charge in [-0.25, -0.2) is 0 Å². The van der Waals surface area contributed by atoms with Gasteiger partial charge in [0.15, 0.2) is 0 Å². The maximum absolute atomic E-state index is 5.63. The van der Waals surface area contributed by atoms with Crippen molar-refractivity contribution in [2.45, 2.75) is 6.92 Å². The van der Waals surface area contributed by atoms with Crippen LogP contribution in [-0.2, 0) is 0 Å². The van der Waals surface area contributed by atoms with E-state index in [-0.39, 0.29) is 0 Å². The van der Waals surface area contributed by atoms with E-state index in [1.54, 1.807) is 0 Å². The molecule has 1 heteroatoms. The SMILES string of the molecule is C#CC(C)=C1c2ccccc2N(C)c2ccccc21. The molecule has 0 aromatic heterocycles. The molecule has 2 aromatic rings. The molecule has 2 aromatic carbocycles. The first-order valence-corrected chi connectivity index (χ1v) is 6.34. The van der Waals surface area contributed by atoms with Crippen LogP contribution in [0.15, 0.2) is 54.1 Å². The summed E-state index contributed by atoms with van der Waals surface area (Å²) in [7, 11) is 2.10. The molecule has 0 spiro atoms. The van der Waals surface area contributed by atoms with Crippen LogP contribution in [0.2, 0.25) is 0 Å². The highest BCUT2D eigenvalue weighted by Gasteiger charge is 2.24. The van der Waals surface area contributed by atoms with E-state index in [2.05, 4.69) is 66.4 Å². The summed E-state index contributed by atoms with van der Waals surface area (Å²) in [6.07, 6.45) is 5.63. The summed E-state index contributed by atoms with van der Waals surface area (Å²) < 4.78 is 0. The minimum Gasteiger partial charge on any atom is -0.344 e. The maximum Gasteiger partial charge on any atom is 0.0488 e. The van der Waals surface area contributed by atoms with Gasteiger partial charge in [0.2, 0.25) is 0 Å². The average molecular weight is 245 g/mol. The lowest BCUT2D eigenvalue weighted by Crippen LogP contribution is -2.18. The summed E-state index contributed by atoms with van der Waals surface area (Å²) in [5, 5.41) is 0. The lowest BCUT2D eigenvalue weighted by Gasteiger charge is -2.32. The molecule has 1 heterocycles. The molecular weight excluding hydrogens is 230 g/mol. The monoisotopic (exact) mass is 245 g/mol. The lowest BCUT2D eigenvalue weighted by molar-refractivity contribution is 1.17. The predicted molar refractivity (Wildman–Crippen MR) is 81.5 cm³/mol. The number of rotatable bonds is 0. The van der Waals surface area contributed by atoms with Gasteiger partial charge >= 0.3 is 0 Å². The zero-order valence-electron chi connectivity index (χ0n) is 11.1. The second-order valence-corrected chi connectivity index (χ2v) is 4.74. The van der Waals surface area contributed by atoms with Crippen LogP contribution in [0.3, 0.4) is 0 Å². The summed E-state index contributed by atoms with van der Waals surface area (Å²) in [6.45, 7) is 2.01. The smallest absolute Gasteiger partial charge is 0.0488 e. The summed E-state index contributed by atoms with van der Waals surface area (Å²) in [5.41, 5.74) is 6.97. The Morgan fingerprint density at radius 1 is 0.947 bits per heavy atom. The maximum atomic E-state index is 5.63. The van der Waals surface area contributed by atoms with Gasteiger partial charge in [-0.05, 0) is 19.1 Å². The van der Waals surface area contributed by atoms with Crippen LogP contribution in [0.25, 0.3) is 5.57 Å². The number of anilines is 2. The van der Waals surface area contributed by atoms with Gasteiger partial charge in [0.25, 0.3) is 0 Å². The van der Waals surface area contributed by atoms with E-state index in [1.807, 2.05) is 6.92 Å². The van der Waals surface area contributed by atoms with E-state index >= 15 is 0 Å². The number of fused-ring (bicyclic) bond motifs is 2. The predicted octanol–water partition coefficient (Wildman–Crippen LogP) is 4.22. The van der Waals surface area contributed by atoms with Gasteiger partial charge in [0.05, 0.1) is 0 Å². The Balaban J connectivity index is 2.41. The minimum absolute atomic E-state index is 0.980. The summed E-state index contributed by atoms with van der Waals surface area (Å²) in [6, 6.07) is 16.8. The molecule has 0 saturated carbocycles. The molecule has 0 atom stereocenters. The third kappa shape index (κ3) is 1.65. The lowest BCUT2D eigenvalue weighted by atomic mass is 9.87.